The Labute approximate surface area is 208 Å². The van der Waals surface area contributed by atoms with Crippen LogP contribution < -0.4 is 15.5 Å². The number of carbonyl (C=O) groups is 3. The fourth-order valence-electron chi connectivity index (χ4n) is 3.59. The van der Waals surface area contributed by atoms with Gasteiger partial charge in [-0.15, -0.1) is 11.3 Å². The topological polar surface area (TPSA) is 104 Å². The number of thiazole rings is 1. The van der Waals surface area contributed by atoms with Crippen LogP contribution in [0.1, 0.15) is 36.9 Å². The zero-order valence-corrected chi connectivity index (χ0v) is 20.8. The Morgan fingerprint density at radius 1 is 1.11 bits per heavy atom. The molecule has 0 radical (unpaired) electrons. The molecule has 0 saturated carbocycles. The number of ketones is 1. The third-order valence-corrected chi connectivity index (χ3v) is 6.30. The fraction of sp³-hybridized carbons (Fsp3) is 0.269. The van der Waals surface area contributed by atoms with Crippen molar-refractivity contribution >= 4 is 46.1 Å². The number of carbonyl (C=O) groups excluding carboxylic acids is 3. The smallest absolute Gasteiger partial charge is 0.308 e. The predicted molar refractivity (Wildman–Crippen MR) is 138 cm³/mol. The molecule has 0 saturated heterocycles. The molecule has 35 heavy (non-hydrogen) atoms. The first-order chi connectivity index (χ1) is 16.6. The third kappa shape index (κ3) is 5.46. The highest BCUT2D eigenvalue weighted by atomic mass is 32.1. The number of hydrogen-bond acceptors (Lipinski definition) is 6. The largest absolute Gasteiger partial charge is 0.321 e. The van der Waals surface area contributed by atoms with Gasteiger partial charge >= 0.3 is 6.03 Å². The molecule has 0 spiro atoms. The minimum Gasteiger partial charge on any atom is -0.308 e. The highest BCUT2D eigenvalue weighted by Crippen LogP contribution is 2.30. The second kappa shape index (κ2) is 9.79. The molecule has 9 heteroatoms. The van der Waals surface area contributed by atoms with Crippen LogP contribution in [0.3, 0.4) is 0 Å². The number of anilines is 2. The monoisotopic (exact) mass is 489 g/mol. The van der Waals surface area contributed by atoms with E-state index < -0.39 is 23.5 Å². The molecule has 1 aromatic heterocycles. The van der Waals surface area contributed by atoms with E-state index >= 15 is 0 Å². The first kappa shape index (κ1) is 24.3. The van der Waals surface area contributed by atoms with Crippen LogP contribution in [-0.4, -0.2) is 41.1 Å². The van der Waals surface area contributed by atoms with Gasteiger partial charge < -0.3 is 15.5 Å². The van der Waals surface area contributed by atoms with Crippen molar-refractivity contribution < 1.29 is 14.4 Å². The minimum atomic E-state index is -1.25. The van der Waals surface area contributed by atoms with Crippen LogP contribution in [-0.2, 0) is 9.59 Å². The molecule has 0 bridgehead atoms. The normalized spacial score (nSPS) is 15.7. The van der Waals surface area contributed by atoms with E-state index in [0.717, 1.165) is 5.56 Å². The van der Waals surface area contributed by atoms with Gasteiger partial charge in [0, 0.05) is 28.2 Å². The SMILES string of the molecule is Cc1cccc(NC(=O)NC2N=C(c3nccs3)c3ccccc3N(CC(=O)C(C)(C)C)C2=O)c1. The zero-order chi connectivity index (χ0) is 25.2. The summed E-state index contributed by atoms with van der Waals surface area (Å²) in [7, 11) is 0. The number of urea groups is 1. The number of aliphatic imine (C=N–C) groups is 1. The summed E-state index contributed by atoms with van der Waals surface area (Å²) in [6.45, 7) is 7.21. The number of hydrogen-bond donors (Lipinski definition) is 2. The number of amides is 3. The number of nitrogens with zero attached hydrogens (tertiary/aromatic N) is 3. The lowest BCUT2D eigenvalue weighted by atomic mass is 9.90. The van der Waals surface area contributed by atoms with Crippen LogP contribution in [0.15, 0.2) is 65.1 Å². The van der Waals surface area contributed by atoms with Gasteiger partial charge in [0.25, 0.3) is 5.91 Å². The number of fused-ring (bicyclic) bond motifs is 1. The van der Waals surface area contributed by atoms with Gasteiger partial charge in [-0.2, -0.15) is 0 Å². The van der Waals surface area contributed by atoms with E-state index in [1.165, 1.54) is 16.2 Å². The molecule has 1 atom stereocenters. The molecule has 2 heterocycles. The summed E-state index contributed by atoms with van der Waals surface area (Å²) < 4.78 is 0. The molecule has 180 valence electrons. The van der Waals surface area contributed by atoms with Gasteiger partial charge in [-0.25, -0.2) is 14.8 Å². The van der Waals surface area contributed by atoms with Crippen LogP contribution in [0, 0.1) is 12.3 Å². The quantitative estimate of drug-likeness (QED) is 0.554. The number of aryl methyl sites for hydroxylation is 1. The Kier molecular flexibility index (Phi) is 6.79. The van der Waals surface area contributed by atoms with E-state index in [1.807, 2.05) is 63.4 Å². The maximum Gasteiger partial charge on any atom is 0.321 e. The van der Waals surface area contributed by atoms with Crippen molar-refractivity contribution in [2.75, 3.05) is 16.8 Å². The molecule has 3 aromatic rings. The number of Topliss-reactive ketones (excluding diaryl/α,β-unsaturated/α-hetero) is 1. The average molecular weight is 490 g/mol. The standard InChI is InChI=1S/C26H27N5O3S/c1-16-8-7-9-17(14-16)28-25(34)30-22-24(33)31(15-20(32)26(2,3)4)19-11-6-5-10-18(19)21(29-22)23-27-12-13-35-23/h5-14,22H,15H2,1-4H3,(H2,28,30,34). The summed E-state index contributed by atoms with van der Waals surface area (Å²) in [5.41, 5.74) is 2.63. The van der Waals surface area contributed by atoms with Crippen LogP contribution in [0.25, 0.3) is 0 Å². The number of aromatic nitrogens is 1. The van der Waals surface area contributed by atoms with Crippen LogP contribution in [0.2, 0.25) is 0 Å². The molecule has 1 aliphatic rings. The third-order valence-electron chi connectivity index (χ3n) is 5.52. The summed E-state index contributed by atoms with van der Waals surface area (Å²) in [6.07, 6.45) is 0.407. The van der Waals surface area contributed by atoms with Crippen molar-refractivity contribution in [3.8, 4) is 0 Å². The summed E-state index contributed by atoms with van der Waals surface area (Å²) in [4.78, 5) is 50.0. The first-order valence-electron chi connectivity index (χ1n) is 11.2. The fourth-order valence-corrected chi connectivity index (χ4v) is 4.24. The van der Waals surface area contributed by atoms with Gasteiger partial charge in [-0.1, -0.05) is 51.1 Å². The number of rotatable bonds is 5. The van der Waals surface area contributed by atoms with Crippen molar-refractivity contribution in [3.63, 3.8) is 0 Å². The number of benzene rings is 2. The van der Waals surface area contributed by atoms with Gasteiger partial charge in [-0.05, 0) is 30.7 Å². The van der Waals surface area contributed by atoms with E-state index in [9.17, 15) is 14.4 Å². The van der Waals surface area contributed by atoms with E-state index in [4.69, 9.17) is 0 Å². The van der Waals surface area contributed by atoms with Crippen molar-refractivity contribution in [2.45, 2.75) is 33.9 Å². The van der Waals surface area contributed by atoms with Crippen LogP contribution >= 0.6 is 11.3 Å². The number of nitrogens with one attached hydrogen (secondary N) is 2. The maximum absolute atomic E-state index is 13.7. The highest BCUT2D eigenvalue weighted by molar-refractivity contribution is 7.12. The molecule has 3 amide bonds. The molecule has 8 nitrogen and oxygen atoms in total. The second-order valence-electron chi connectivity index (χ2n) is 9.30. The van der Waals surface area contributed by atoms with E-state index in [-0.39, 0.29) is 12.3 Å². The van der Waals surface area contributed by atoms with Gasteiger partial charge in [0.1, 0.15) is 10.7 Å². The number of para-hydroxylation sites is 1. The molecular formula is C26H27N5O3S. The molecule has 1 aliphatic heterocycles. The molecule has 0 aliphatic carbocycles. The highest BCUT2D eigenvalue weighted by Gasteiger charge is 2.36. The Balaban J connectivity index is 1.73. The molecule has 2 aromatic carbocycles. The van der Waals surface area contributed by atoms with Crippen molar-refractivity contribution in [3.05, 3.63) is 76.2 Å². The molecule has 4 rings (SSSR count). The van der Waals surface area contributed by atoms with Gasteiger partial charge in [-0.3, -0.25) is 9.59 Å². The first-order valence-corrected chi connectivity index (χ1v) is 12.1. The van der Waals surface area contributed by atoms with E-state index in [2.05, 4.69) is 20.6 Å². The lowest BCUT2D eigenvalue weighted by Crippen LogP contribution is -2.50. The Bertz CT molecular complexity index is 1290. The van der Waals surface area contributed by atoms with Crippen molar-refractivity contribution in [1.29, 1.82) is 0 Å². The zero-order valence-electron chi connectivity index (χ0n) is 20.0. The second-order valence-corrected chi connectivity index (χ2v) is 10.2. The number of benzodiazepines with no additional fused rings is 1. The van der Waals surface area contributed by atoms with Gasteiger partial charge in [0.15, 0.2) is 5.78 Å². The Morgan fingerprint density at radius 3 is 2.57 bits per heavy atom. The lowest BCUT2D eigenvalue weighted by molar-refractivity contribution is -0.127. The average Bonchev–Trinajstić information content (AvgIpc) is 3.30. The Hall–Kier alpha value is -3.85. The van der Waals surface area contributed by atoms with Crippen molar-refractivity contribution in [2.24, 2.45) is 10.4 Å². The molecule has 0 fully saturated rings. The molecule has 2 N–H and O–H groups in total. The minimum absolute atomic E-state index is 0.110. The summed E-state index contributed by atoms with van der Waals surface area (Å²) in [5, 5.41) is 7.87. The lowest BCUT2D eigenvalue weighted by Gasteiger charge is -2.28. The summed E-state index contributed by atoms with van der Waals surface area (Å²) >= 11 is 1.38. The molecular weight excluding hydrogens is 462 g/mol. The van der Waals surface area contributed by atoms with Crippen molar-refractivity contribution in [1.82, 2.24) is 10.3 Å². The van der Waals surface area contributed by atoms with E-state index in [1.54, 1.807) is 24.4 Å². The van der Waals surface area contributed by atoms with Gasteiger partial charge in [0.2, 0.25) is 6.17 Å². The maximum atomic E-state index is 13.7. The van der Waals surface area contributed by atoms with Gasteiger partial charge in [0.05, 0.1) is 12.2 Å². The van der Waals surface area contributed by atoms with E-state index in [0.29, 0.717) is 27.7 Å². The van der Waals surface area contributed by atoms with Crippen LogP contribution in [0.4, 0.5) is 16.2 Å². The summed E-state index contributed by atoms with van der Waals surface area (Å²) in [5.74, 6) is -0.609. The molecule has 1 unspecified atom stereocenters. The Morgan fingerprint density at radius 2 is 1.89 bits per heavy atom. The summed E-state index contributed by atoms with van der Waals surface area (Å²) in [6, 6.07) is 14.0. The predicted octanol–water partition coefficient (Wildman–Crippen LogP) is 4.40. The van der Waals surface area contributed by atoms with Crippen LogP contribution in [0.5, 0.6) is 0 Å².